The molecule has 2 aliphatic heterocycles. The molecule has 2 aromatic rings. The average Bonchev–Trinajstić information content (AvgIpc) is 2.91. The lowest BCUT2D eigenvalue weighted by atomic mass is 9.87. The predicted molar refractivity (Wildman–Crippen MR) is 144 cm³/mol. The van der Waals surface area contributed by atoms with Gasteiger partial charge in [-0.2, -0.15) is 0 Å². The standard InChI is InChI=1S/C26H35N3O6S.ClH/c1-19-17-21(5-6-24(19)22-3-2-4-23(18-22)35-16-11-27)20-7-12-29(13-8-20)36(32,33)26(25(30)28-31)9-14-34-15-10-26;/h2-6,17-18,20,31H,7-16,27H2,1H3,(H,28,30);1H. The topological polar surface area (TPSA) is 131 Å². The van der Waals surface area contributed by atoms with Crippen LogP contribution < -0.4 is 16.0 Å². The van der Waals surface area contributed by atoms with Crippen LogP contribution >= 0.6 is 12.4 Å². The number of benzene rings is 2. The number of piperidine rings is 1. The number of hydrogen-bond acceptors (Lipinski definition) is 7. The molecule has 0 bridgehead atoms. The second-order valence-corrected chi connectivity index (χ2v) is 11.7. The lowest BCUT2D eigenvalue weighted by Gasteiger charge is -2.40. The van der Waals surface area contributed by atoms with Crippen LogP contribution in [0.4, 0.5) is 0 Å². The molecule has 9 nitrogen and oxygen atoms in total. The van der Waals surface area contributed by atoms with E-state index < -0.39 is 20.7 Å². The Hall–Kier alpha value is -2.21. The number of carbonyl (C=O) groups is 1. The molecule has 0 aromatic heterocycles. The minimum Gasteiger partial charge on any atom is -0.492 e. The second-order valence-electron chi connectivity index (χ2n) is 9.47. The molecule has 204 valence electrons. The molecule has 4 N–H and O–H groups in total. The number of nitrogens with two attached hydrogens (primary N) is 1. The smallest absolute Gasteiger partial charge is 0.266 e. The minimum atomic E-state index is -3.96. The van der Waals surface area contributed by atoms with Crippen molar-refractivity contribution in [1.29, 1.82) is 0 Å². The Morgan fingerprint density at radius 1 is 1.19 bits per heavy atom. The predicted octanol–water partition coefficient (Wildman–Crippen LogP) is 2.99. The first-order valence-electron chi connectivity index (χ1n) is 12.4. The monoisotopic (exact) mass is 553 g/mol. The second kappa shape index (κ2) is 12.6. The first-order valence-corrected chi connectivity index (χ1v) is 13.8. The molecule has 0 atom stereocenters. The number of halogens is 1. The third-order valence-corrected chi connectivity index (χ3v) is 9.98. The molecule has 2 aromatic carbocycles. The molecular weight excluding hydrogens is 518 g/mol. The van der Waals surface area contributed by atoms with Gasteiger partial charge in [0.25, 0.3) is 5.91 Å². The van der Waals surface area contributed by atoms with Crippen molar-refractivity contribution in [2.45, 2.75) is 43.3 Å². The van der Waals surface area contributed by atoms with Crippen LogP contribution in [0.5, 0.6) is 5.75 Å². The van der Waals surface area contributed by atoms with Crippen molar-refractivity contribution in [1.82, 2.24) is 9.79 Å². The molecule has 2 heterocycles. The normalized spacial score (nSPS) is 18.6. The average molecular weight is 554 g/mol. The zero-order valence-electron chi connectivity index (χ0n) is 21.0. The number of rotatable bonds is 8. The molecule has 0 radical (unpaired) electrons. The van der Waals surface area contributed by atoms with Gasteiger partial charge in [0.1, 0.15) is 12.4 Å². The summed E-state index contributed by atoms with van der Waals surface area (Å²) in [5, 5.41) is 9.25. The van der Waals surface area contributed by atoms with Crippen molar-refractivity contribution < 1.29 is 27.9 Å². The van der Waals surface area contributed by atoms with Crippen molar-refractivity contribution in [2.24, 2.45) is 5.73 Å². The van der Waals surface area contributed by atoms with Gasteiger partial charge in [0.05, 0.1) is 0 Å². The Morgan fingerprint density at radius 3 is 2.51 bits per heavy atom. The van der Waals surface area contributed by atoms with E-state index >= 15 is 0 Å². The van der Waals surface area contributed by atoms with Crippen LogP contribution in [-0.2, 0) is 19.6 Å². The molecule has 37 heavy (non-hydrogen) atoms. The van der Waals surface area contributed by atoms with Gasteiger partial charge in [-0.1, -0.05) is 30.3 Å². The van der Waals surface area contributed by atoms with E-state index in [0.717, 1.165) is 22.4 Å². The molecule has 4 rings (SSSR count). The van der Waals surface area contributed by atoms with Crippen molar-refractivity contribution >= 4 is 28.3 Å². The first-order chi connectivity index (χ1) is 17.3. The Morgan fingerprint density at radius 2 is 1.89 bits per heavy atom. The quantitative estimate of drug-likeness (QED) is 0.338. The SMILES string of the molecule is Cc1cc(C2CCN(S(=O)(=O)C3(C(=O)NO)CCOCC3)CC2)ccc1-c1cccc(OCCN)c1.Cl. The summed E-state index contributed by atoms with van der Waals surface area (Å²) >= 11 is 0. The Labute approximate surface area is 224 Å². The molecule has 0 aliphatic carbocycles. The van der Waals surface area contributed by atoms with E-state index in [9.17, 15) is 18.4 Å². The molecular formula is C26H36ClN3O6S. The number of carbonyl (C=O) groups excluding carboxylic acids is 1. The van der Waals surface area contributed by atoms with Crippen LogP contribution in [0.1, 0.15) is 42.7 Å². The van der Waals surface area contributed by atoms with E-state index in [4.69, 9.17) is 15.2 Å². The highest BCUT2D eigenvalue weighted by Gasteiger charge is 2.54. The van der Waals surface area contributed by atoms with E-state index in [1.54, 1.807) is 5.48 Å². The summed E-state index contributed by atoms with van der Waals surface area (Å²) in [6.07, 6.45) is 1.38. The molecule has 2 saturated heterocycles. The van der Waals surface area contributed by atoms with Crippen molar-refractivity contribution in [3.63, 3.8) is 0 Å². The van der Waals surface area contributed by atoms with Gasteiger partial charge in [-0.15, -0.1) is 12.4 Å². The number of amides is 1. The van der Waals surface area contributed by atoms with Gasteiger partial charge >= 0.3 is 0 Å². The van der Waals surface area contributed by atoms with Gasteiger partial charge < -0.3 is 15.2 Å². The third-order valence-electron chi connectivity index (χ3n) is 7.36. The van der Waals surface area contributed by atoms with Gasteiger partial charge in [-0.05, 0) is 60.1 Å². The van der Waals surface area contributed by atoms with E-state index in [2.05, 4.69) is 31.2 Å². The van der Waals surface area contributed by atoms with Gasteiger partial charge in [0.2, 0.25) is 10.0 Å². The maximum atomic E-state index is 13.5. The fourth-order valence-electron chi connectivity index (χ4n) is 5.28. The summed E-state index contributed by atoms with van der Waals surface area (Å²) in [6.45, 7) is 3.99. The van der Waals surface area contributed by atoms with Crippen LogP contribution in [0.3, 0.4) is 0 Å². The van der Waals surface area contributed by atoms with Gasteiger partial charge in [-0.3, -0.25) is 10.0 Å². The van der Waals surface area contributed by atoms with Crippen molar-refractivity contribution in [3.8, 4) is 16.9 Å². The summed E-state index contributed by atoms with van der Waals surface area (Å²) in [4.78, 5) is 12.5. The summed E-state index contributed by atoms with van der Waals surface area (Å²) in [5.74, 6) is 0.129. The highest BCUT2D eigenvalue weighted by Crippen LogP contribution is 2.38. The fraction of sp³-hybridized carbons (Fsp3) is 0.500. The van der Waals surface area contributed by atoms with E-state index in [1.807, 2.05) is 18.2 Å². The van der Waals surface area contributed by atoms with Crippen LogP contribution in [-0.4, -0.2) is 68.0 Å². The lowest BCUT2D eigenvalue weighted by molar-refractivity contribution is -0.134. The Bertz CT molecular complexity index is 1180. The van der Waals surface area contributed by atoms with Gasteiger partial charge in [0, 0.05) is 45.7 Å². The Kier molecular flexibility index (Phi) is 9.96. The largest absolute Gasteiger partial charge is 0.492 e. The van der Waals surface area contributed by atoms with Gasteiger partial charge in [-0.25, -0.2) is 18.2 Å². The number of aryl methyl sites for hydroxylation is 1. The highest BCUT2D eigenvalue weighted by atomic mass is 35.5. The number of nitrogens with one attached hydrogen (secondary N) is 1. The van der Waals surface area contributed by atoms with Crippen LogP contribution in [0.25, 0.3) is 11.1 Å². The van der Waals surface area contributed by atoms with E-state index in [1.165, 1.54) is 9.87 Å². The molecule has 2 aliphatic rings. The number of ether oxygens (including phenoxy) is 2. The van der Waals surface area contributed by atoms with Crippen LogP contribution in [0.15, 0.2) is 42.5 Å². The van der Waals surface area contributed by atoms with Crippen molar-refractivity contribution in [3.05, 3.63) is 53.6 Å². The fourth-order valence-corrected chi connectivity index (χ4v) is 7.42. The summed E-state index contributed by atoms with van der Waals surface area (Å²) in [6, 6.07) is 14.3. The minimum absolute atomic E-state index is 0. The van der Waals surface area contributed by atoms with Crippen LogP contribution in [0, 0.1) is 6.92 Å². The summed E-state index contributed by atoms with van der Waals surface area (Å²) in [5.41, 5.74) is 11.6. The summed E-state index contributed by atoms with van der Waals surface area (Å²) < 4.78 is 37.8. The zero-order chi connectivity index (χ0) is 25.8. The zero-order valence-corrected chi connectivity index (χ0v) is 22.7. The van der Waals surface area contributed by atoms with E-state index in [0.29, 0.717) is 39.1 Å². The lowest BCUT2D eigenvalue weighted by Crippen LogP contribution is -2.60. The van der Waals surface area contributed by atoms with Crippen molar-refractivity contribution in [2.75, 3.05) is 39.5 Å². The maximum absolute atomic E-state index is 13.5. The number of hydrogen-bond donors (Lipinski definition) is 3. The Balaban J connectivity index is 0.00000380. The third kappa shape index (κ3) is 5.94. The molecule has 0 unspecified atom stereocenters. The maximum Gasteiger partial charge on any atom is 0.266 e. The first kappa shape index (κ1) is 29.3. The summed E-state index contributed by atoms with van der Waals surface area (Å²) in [7, 11) is -3.96. The molecule has 0 saturated carbocycles. The van der Waals surface area contributed by atoms with Gasteiger partial charge in [0.15, 0.2) is 4.75 Å². The van der Waals surface area contributed by atoms with E-state index in [-0.39, 0.29) is 44.4 Å². The number of nitrogens with zero attached hydrogens (tertiary/aromatic N) is 1. The van der Waals surface area contributed by atoms with Crippen LogP contribution in [0.2, 0.25) is 0 Å². The molecule has 2 fully saturated rings. The molecule has 1 amide bonds. The molecule has 11 heteroatoms. The number of sulfonamides is 1. The molecule has 0 spiro atoms. The number of hydroxylamine groups is 1. The highest BCUT2D eigenvalue weighted by molar-refractivity contribution is 7.91.